The van der Waals surface area contributed by atoms with Crippen molar-refractivity contribution < 1.29 is 13.9 Å². The van der Waals surface area contributed by atoms with Gasteiger partial charge in [0.25, 0.3) is 5.91 Å². The Morgan fingerprint density at radius 3 is 2.79 bits per heavy atom. The second kappa shape index (κ2) is 7.83. The van der Waals surface area contributed by atoms with Crippen LogP contribution in [0, 0.1) is 17.2 Å². The Kier molecular flexibility index (Phi) is 5.09. The fourth-order valence-corrected chi connectivity index (χ4v) is 3.57. The van der Waals surface area contributed by atoms with Gasteiger partial charge in [-0.25, -0.2) is 4.98 Å². The number of hydrogen-bond donors (Lipinski definition) is 0. The third-order valence-corrected chi connectivity index (χ3v) is 5.11. The van der Waals surface area contributed by atoms with Crippen molar-refractivity contribution in [1.82, 2.24) is 9.88 Å². The summed E-state index contributed by atoms with van der Waals surface area (Å²) < 4.78 is 10.7. The van der Waals surface area contributed by atoms with Gasteiger partial charge < -0.3 is 14.1 Å². The van der Waals surface area contributed by atoms with Gasteiger partial charge in [0.15, 0.2) is 5.58 Å². The highest BCUT2D eigenvalue weighted by Gasteiger charge is 2.23. The monoisotopic (exact) mass is 375 g/mol. The van der Waals surface area contributed by atoms with E-state index in [2.05, 4.69) is 11.1 Å². The summed E-state index contributed by atoms with van der Waals surface area (Å²) in [5, 5.41) is 9.03. The first kappa shape index (κ1) is 18.2. The van der Waals surface area contributed by atoms with E-state index in [1.807, 2.05) is 47.4 Å². The minimum atomic E-state index is 0.0168. The predicted octanol–water partition coefficient (Wildman–Crippen LogP) is 4.02. The van der Waals surface area contributed by atoms with Crippen LogP contribution in [0.2, 0.25) is 0 Å². The van der Waals surface area contributed by atoms with Crippen molar-refractivity contribution >= 4 is 17.0 Å². The van der Waals surface area contributed by atoms with Gasteiger partial charge in [-0.2, -0.15) is 5.26 Å². The molecule has 3 aromatic rings. The molecule has 1 saturated heterocycles. The second-order valence-corrected chi connectivity index (χ2v) is 7.00. The lowest BCUT2D eigenvalue weighted by atomic mass is 9.97. The van der Waals surface area contributed by atoms with E-state index in [1.165, 1.54) is 0 Å². The molecule has 2 aromatic carbocycles. The Morgan fingerprint density at radius 2 is 2.04 bits per heavy atom. The Labute approximate surface area is 163 Å². The van der Waals surface area contributed by atoms with Crippen LogP contribution in [0.1, 0.15) is 29.1 Å². The summed E-state index contributed by atoms with van der Waals surface area (Å²) in [7, 11) is 1.60. The Bertz CT molecular complexity index is 1040. The van der Waals surface area contributed by atoms with Gasteiger partial charge in [0.1, 0.15) is 12.1 Å². The molecule has 0 atom stereocenters. The molecule has 0 N–H and O–H groups in total. The van der Waals surface area contributed by atoms with Crippen molar-refractivity contribution in [1.29, 1.82) is 5.26 Å². The lowest BCUT2D eigenvalue weighted by Crippen LogP contribution is -2.38. The average molecular weight is 375 g/mol. The lowest BCUT2D eigenvalue weighted by molar-refractivity contribution is 0.0707. The van der Waals surface area contributed by atoms with Gasteiger partial charge in [0.2, 0.25) is 5.89 Å². The van der Waals surface area contributed by atoms with Crippen molar-refractivity contribution in [2.45, 2.75) is 19.4 Å². The molecule has 0 saturated carbocycles. The fraction of sp³-hybridized carbons (Fsp3) is 0.318. The Hall–Kier alpha value is -3.17. The lowest BCUT2D eigenvalue weighted by Gasteiger charge is -2.29. The maximum absolute atomic E-state index is 12.9. The van der Waals surface area contributed by atoms with Crippen LogP contribution in [0.25, 0.3) is 22.2 Å². The average Bonchev–Trinajstić information content (AvgIpc) is 3.15. The number of rotatable bonds is 4. The van der Waals surface area contributed by atoms with Gasteiger partial charge in [-0.05, 0) is 48.2 Å². The molecule has 2 heterocycles. The first-order chi connectivity index (χ1) is 13.7. The quantitative estimate of drug-likeness (QED) is 0.688. The van der Waals surface area contributed by atoms with Crippen LogP contribution >= 0.6 is 0 Å². The van der Waals surface area contributed by atoms with E-state index in [0.717, 1.165) is 29.5 Å². The summed E-state index contributed by atoms with van der Waals surface area (Å²) >= 11 is 0. The van der Waals surface area contributed by atoms with E-state index < -0.39 is 0 Å². The largest absolute Gasteiger partial charge is 0.438 e. The Morgan fingerprint density at radius 1 is 1.25 bits per heavy atom. The topological polar surface area (TPSA) is 79.4 Å². The van der Waals surface area contributed by atoms with Crippen molar-refractivity contribution in [3.8, 4) is 17.2 Å². The Balaban J connectivity index is 1.57. The molecule has 0 bridgehead atoms. The van der Waals surface area contributed by atoms with Crippen LogP contribution < -0.4 is 0 Å². The number of methoxy groups -OCH3 is 1. The van der Waals surface area contributed by atoms with Crippen molar-refractivity contribution in [2.75, 3.05) is 20.2 Å². The molecule has 0 unspecified atom stereocenters. The SMILES string of the molecule is COCc1nc2cc(-c3cccc(C(=O)N4CCC(C#N)CC4)c3)ccc2o1. The number of aromatic nitrogens is 1. The zero-order chi connectivity index (χ0) is 19.5. The molecule has 1 amide bonds. The van der Waals surface area contributed by atoms with Crippen molar-refractivity contribution in [3.05, 3.63) is 53.9 Å². The molecule has 0 spiro atoms. The number of carbonyl (C=O) groups is 1. The van der Waals surface area contributed by atoms with Crippen LogP contribution in [0.4, 0.5) is 0 Å². The third kappa shape index (κ3) is 3.62. The zero-order valence-corrected chi connectivity index (χ0v) is 15.7. The van der Waals surface area contributed by atoms with E-state index >= 15 is 0 Å². The maximum Gasteiger partial charge on any atom is 0.253 e. The molecular formula is C22H21N3O3. The summed E-state index contributed by atoms with van der Waals surface area (Å²) in [6.45, 7) is 1.60. The number of benzene rings is 2. The molecule has 4 rings (SSSR count). The van der Waals surface area contributed by atoms with Crippen LogP contribution in [-0.4, -0.2) is 36.0 Å². The molecule has 1 aromatic heterocycles. The van der Waals surface area contributed by atoms with E-state index in [1.54, 1.807) is 7.11 Å². The summed E-state index contributed by atoms with van der Waals surface area (Å²) in [6, 6.07) is 15.7. The maximum atomic E-state index is 12.9. The molecule has 142 valence electrons. The first-order valence-corrected chi connectivity index (χ1v) is 9.35. The number of nitrogens with zero attached hydrogens (tertiary/aromatic N) is 3. The predicted molar refractivity (Wildman–Crippen MR) is 104 cm³/mol. The van der Waals surface area contributed by atoms with Crippen molar-refractivity contribution in [3.63, 3.8) is 0 Å². The third-order valence-electron chi connectivity index (χ3n) is 5.11. The van der Waals surface area contributed by atoms with Gasteiger partial charge in [0.05, 0.1) is 6.07 Å². The molecule has 0 radical (unpaired) electrons. The molecule has 1 aliphatic heterocycles. The van der Waals surface area contributed by atoms with Crippen LogP contribution in [-0.2, 0) is 11.3 Å². The number of likely N-dealkylation sites (tertiary alicyclic amines) is 1. The van der Waals surface area contributed by atoms with E-state index in [-0.39, 0.29) is 11.8 Å². The molecule has 6 heteroatoms. The molecule has 1 fully saturated rings. The van der Waals surface area contributed by atoms with Crippen molar-refractivity contribution in [2.24, 2.45) is 5.92 Å². The van der Waals surface area contributed by atoms with Gasteiger partial charge in [0, 0.05) is 31.7 Å². The first-order valence-electron chi connectivity index (χ1n) is 9.35. The highest BCUT2D eigenvalue weighted by atomic mass is 16.5. The molecule has 0 aliphatic carbocycles. The minimum Gasteiger partial charge on any atom is -0.438 e. The number of nitriles is 1. The summed E-state index contributed by atoms with van der Waals surface area (Å²) in [5.74, 6) is 0.620. The number of amides is 1. The molecule has 6 nitrogen and oxygen atoms in total. The van der Waals surface area contributed by atoms with Gasteiger partial charge in [-0.3, -0.25) is 4.79 Å². The zero-order valence-electron chi connectivity index (χ0n) is 15.7. The highest BCUT2D eigenvalue weighted by Crippen LogP contribution is 2.27. The molecule has 28 heavy (non-hydrogen) atoms. The number of piperidine rings is 1. The van der Waals surface area contributed by atoms with Crippen LogP contribution in [0.15, 0.2) is 46.9 Å². The molecule has 1 aliphatic rings. The fourth-order valence-electron chi connectivity index (χ4n) is 3.57. The van der Waals surface area contributed by atoms with E-state index in [9.17, 15) is 4.79 Å². The number of carbonyl (C=O) groups excluding carboxylic acids is 1. The van der Waals surface area contributed by atoms with Crippen LogP contribution in [0.5, 0.6) is 0 Å². The van der Waals surface area contributed by atoms with E-state index in [4.69, 9.17) is 14.4 Å². The van der Waals surface area contributed by atoms with Crippen LogP contribution in [0.3, 0.4) is 0 Å². The summed E-state index contributed by atoms with van der Waals surface area (Å²) in [4.78, 5) is 19.1. The number of hydrogen-bond acceptors (Lipinski definition) is 5. The number of oxazole rings is 1. The standard InChI is InChI=1S/C22H21N3O3/c1-27-14-21-24-19-12-17(5-6-20(19)28-21)16-3-2-4-18(11-16)22(26)25-9-7-15(13-23)8-10-25/h2-6,11-12,15H,7-10,14H2,1H3. The van der Waals surface area contributed by atoms with Gasteiger partial charge in [-0.1, -0.05) is 18.2 Å². The normalized spacial score (nSPS) is 14.9. The van der Waals surface area contributed by atoms with Gasteiger partial charge >= 0.3 is 0 Å². The molecular weight excluding hydrogens is 354 g/mol. The number of fused-ring (bicyclic) bond motifs is 1. The summed E-state index contributed by atoms with van der Waals surface area (Å²) in [5.41, 5.74) is 4.06. The highest BCUT2D eigenvalue weighted by molar-refractivity contribution is 5.95. The smallest absolute Gasteiger partial charge is 0.253 e. The van der Waals surface area contributed by atoms with E-state index in [0.29, 0.717) is 36.7 Å². The second-order valence-electron chi connectivity index (χ2n) is 7.00. The number of ether oxygens (including phenoxy) is 1. The minimum absolute atomic E-state index is 0.0168. The summed E-state index contributed by atoms with van der Waals surface area (Å²) in [6.07, 6.45) is 1.49. The van der Waals surface area contributed by atoms with Gasteiger partial charge in [-0.15, -0.1) is 0 Å².